The molecule has 0 atom stereocenters. The fourth-order valence-electron chi connectivity index (χ4n) is 1.46. The largest absolute Gasteiger partial charge is 0.382 e. The lowest BCUT2D eigenvalue weighted by Crippen LogP contribution is -2.12. The van der Waals surface area contributed by atoms with Gasteiger partial charge in [0.25, 0.3) is 0 Å². The second-order valence-electron chi connectivity index (χ2n) is 4.50. The van der Waals surface area contributed by atoms with Crippen LogP contribution in [0.4, 0.5) is 10.1 Å². The number of hydrogen-bond donors (Lipinski definition) is 1. The van der Waals surface area contributed by atoms with Gasteiger partial charge in [0.15, 0.2) is 0 Å². The zero-order valence-electron chi connectivity index (χ0n) is 10.9. The number of nitrogens with zero attached hydrogens (tertiary/aromatic N) is 1. The minimum Gasteiger partial charge on any atom is -0.382 e. The zero-order chi connectivity index (χ0) is 13.4. The molecule has 0 aromatic heterocycles. The predicted molar refractivity (Wildman–Crippen MR) is 69.9 cm³/mol. The van der Waals surface area contributed by atoms with Gasteiger partial charge in [0.1, 0.15) is 17.4 Å². The first kappa shape index (κ1) is 14.5. The summed E-state index contributed by atoms with van der Waals surface area (Å²) in [6.45, 7) is 6.14. The summed E-state index contributed by atoms with van der Waals surface area (Å²) >= 11 is 0. The van der Waals surface area contributed by atoms with E-state index in [4.69, 9.17) is 10.00 Å². The van der Waals surface area contributed by atoms with Crippen LogP contribution >= 0.6 is 0 Å². The number of anilines is 1. The molecular formula is C14H19FN2O. The molecule has 0 aliphatic heterocycles. The van der Waals surface area contributed by atoms with Crippen molar-refractivity contribution in [2.24, 2.45) is 5.92 Å². The highest BCUT2D eigenvalue weighted by Gasteiger charge is 2.06. The van der Waals surface area contributed by atoms with Crippen LogP contribution in [0.3, 0.4) is 0 Å². The lowest BCUT2D eigenvalue weighted by Gasteiger charge is -2.10. The van der Waals surface area contributed by atoms with Crippen LogP contribution in [0, 0.1) is 23.1 Å². The summed E-state index contributed by atoms with van der Waals surface area (Å²) < 4.78 is 18.7. The molecule has 0 saturated heterocycles. The highest BCUT2D eigenvalue weighted by atomic mass is 19.1. The van der Waals surface area contributed by atoms with Crippen molar-refractivity contribution in [3.05, 3.63) is 29.6 Å². The Morgan fingerprint density at radius 1 is 1.39 bits per heavy atom. The van der Waals surface area contributed by atoms with Gasteiger partial charge in [-0.2, -0.15) is 5.26 Å². The Bertz CT molecular complexity index is 413. The van der Waals surface area contributed by atoms with E-state index in [0.29, 0.717) is 24.8 Å². The second kappa shape index (κ2) is 7.67. The molecule has 0 heterocycles. The molecular weight excluding hydrogens is 231 g/mol. The van der Waals surface area contributed by atoms with Crippen LogP contribution in [0.5, 0.6) is 0 Å². The molecule has 0 radical (unpaired) electrons. The fraction of sp³-hybridized carbons (Fsp3) is 0.500. The summed E-state index contributed by atoms with van der Waals surface area (Å²) in [6, 6.07) is 6.40. The first-order valence-corrected chi connectivity index (χ1v) is 6.15. The van der Waals surface area contributed by atoms with Gasteiger partial charge in [0.2, 0.25) is 0 Å². The maximum atomic E-state index is 13.3. The maximum Gasteiger partial charge on any atom is 0.143 e. The van der Waals surface area contributed by atoms with Gasteiger partial charge in [-0.05, 0) is 24.5 Å². The molecule has 1 aromatic carbocycles. The Kier molecular flexibility index (Phi) is 6.16. The molecule has 0 aliphatic carbocycles. The monoisotopic (exact) mass is 250 g/mol. The van der Waals surface area contributed by atoms with E-state index in [1.165, 1.54) is 6.07 Å². The van der Waals surface area contributed by atoms with Crippen LogP contribution in [0.15, 0.2) is 18.2 Å². The number of benzene rings is 1. The number of halogens is 1. The number of ether oxygens (including phenoxy) is 1. The summed E-state index contributed by atoms with van der Waals surface area (Å²) in [5, 5.41) is 11.8. The molecule has 4 heteroatoms. The molecule has 0 unspecified atom stereocenters. The molecule has 3 nitrogen and oxygen atoms in total. The quantitative estimate of drug-likeness (QED) is 0.756. The standard InChI is InChI=1S/C14H19FN2O/c1-11(2)6-8-18-9-7-17-14-5-3-4-13(15)12(14)10-16/h3-5,11,17H,6-9H2,1-2H3. The van der Waals surface area contributed by atoms with E-state index in [-0.39, 0.29) is 5.56 Å². The van der Waals surface area contributed by atoms with Crippen molar-refractivity contribution in [1.82, 2.24) is 0 Å². The number of nitriles is 1. The van der Waals surface area contributed by atoms with E-state index >= 15 is 0 Å². The van der Waals surface area contributed by atoms with Crippen molar-refractivity contribution in [2.75, 3.05) is 25.1 Å². The molecule has 98 valence electrons. The maximum absolute atomic E-state index is 13.3. The molecule has 1 N–H and O–H groups in total. The van der Waals surface area contributed by atoms with Crippen molar-refractivity contribution in [2.45, 2.75) is 20.3 Å². The second-order valence-corrected chi connectivity index (χ2v) is 4.50. The molecule has 0 fully saturated rings. The highest BCUT2D eigenvalue weighted by Crippen LogP contribution is 2.17. The van der Waals surface area contributed by atoms with Gasteiger partial charge in [-0.3, -0.25) is 0 Å². The van der Waals surface area contributed by atoms with E-state index in [1.54, 1.807) is 12.1 Å². The Morgan fingerprint density at radius 3 is 2.83 bits per heavy atom. The lowest BCUT2D eigenvalue weighted by molar-refractivity contribution is 0.132. The molecule has 1 aromatic rings. The average Bonchev–Trinajstić information content (AvgIpc) is 2.33. The van der Waals surface area contributed by atoms with Gasteiger partial charge in [-0.15, -0.1) is 0 Å². The third kappa shape index (κ3) is 4.72. The summed E-state index contributed by atoms with van der Waals surface area (Å²) in [6.07, 6.45) is 1.03. The van der Waals surface area contributed by atoms with E-state index < -0.39 is 5.82 Å². The van der Waals surface area contributed by atoms with Crippen molar-refractivity contribution >= 4 is 5.69 Å². The summed E-state index contributed by atoms with van der Waals surface area (Å²) in [5.74, 6) is 0.134. The Balaban J connectivity index is 2.32. The first-order valence-electron chi connectivity index (χ1n) is 6.15. The van der Waals surface area contributed by atoms with E-state index in [0.717, 1.165) is 13.0 Å². The van der Waals surface area contributed by atoms with Gasteiger partial charge in [-0.25, -0.2) is 4.39 Å². The Hall–Kier alpha value is -1.60. The minimum atomic E-state index is -0.497. The molecule has 0 spiro atoms. The van der Waals surface area contributed by atoms with Gasteiger partial charge in [0.05, 0.1) is 12.3 Å². The Morgan fingerprint density at radius 2 is 2.17 bits per heavy atom. The van der Waals surface area contributed by atoms with Crippen LogP contribution in [-0.2, 0) is 4.74 Å². The third-order valence-electron chi connectivity index (χ3n) is 2.53. The summed E-state index contributed by atoms with van der Waals surface area (Å²) in [7, 11) is 0. The van der Waals surface area contributed by atoms with Gasteiger partial charge in [-0.1, -0.05) is 19.9 Å². The Labute approximate surface area is 108 Å². The normalized spacial score (nSPS) is 10.4. The van der Waals surface area contributed by atoms with Crippen LogP contribution in [-0.4, -0.2) is 19.8 Å². The molecule has 18 heavy (non-hydrogen) atoms. The van der Waals surface area contributed by atoms with E-state index in [1.807, 2.05) is 6.07 Å². The van der Waals surface area contributed by atoms with E-state index in [2.05, 4.69) is 19.2 Å². The van der Waals surface area contributed by atoms with Crippen molar-refractivity contribution in [1.29, 1.82) is 5.26 Å². The van der Waals surface area contributed by atoms with Crippen LogP contribution < -0.4 is 5.32 Å². The lowest BCUT2D eigenvalue weighted by atomic mass is 10.1. The average molecular weight is 250 g/mol. The summed E-state index contributed by atoms with van der Waals surface area (Å²) in [5.41, 5.74) is 0.574. The molecule has 0 saturated carbocycles. The third-order valence-corrected chi connectivity index (χ3v) is 2.53. The molecule has 1 rings (SSSR count). The van der Waals surface area contributed by atoms with Crippen LogP contribution in [0.2, 0.25) is 0 Å². The van der Waals surface area contributed by atoms with Gasteiger partial charge < -0.3 is 10.1 Å². The number of nitrogens with one attached hydrogen (secondary N) is 1. The molecule has 0 bridgehead atoms. The number of rotatable bonds is 7. The fourth-order valence-corrected chi connectivity index (χ4v) is 1.46. The topological polar surface area (TPSA) is 45.0 Å². The van der Waals surface area contributed by atoms with Crippen molar-refractivity contribution in [3.8, 4) is 6.07 Å². The van der Waals surface area contributed by atoms with Gasteiger partial charge >= 0.3 is 0 Å². The number of hydrogen-bond acceptors (Lipinski definition) is 3. The highest BCUT2D eigenvalue weighted by molar-refractivity contribution is 5.57. The van der Waals surface area contributed by atoms with Gasteiger partial charge in [0, 0.05) is 13.2 Å². The SMILES string of the molecule is CC(C)CCOCCNc1cccc(F)c1C#N. The van der Waals surface area contributed by atoms with Crippen LogP contribution in [0.25, 0.3) is 0 Å². The molecule has 0 aliphatic rings. The van der Waals surface area contributed by atoms with E-state index in [9.17, 15) is 4.39 Å². The predicted octanol–water partition coefficient (Wildman–Crippen LogP) is 3.17. The molecule has 0 amide bonds. The smallest absolute Gasteiger partial charge is 0.143 e. The first-order chi connectivity index (χ1) is 8.65. The minimum absolute atomic E-state index is 0.0553. The van der Waals surface area contributed by atoms with Crippen molar-refractivity contribution < 1.29 is 9.13 Å². The summed E-state index contributed by atoms with van der Waals surface area (Å²) in [4.78, 5) is 0. The van der Waals surface area contributed by atoms with Crippen LogP contribution in [0.1, 0.15) is 25.8 Å². The van der Waals surface area contributed by atoms with Crippen molar-refractivity contribution in [3.63, 3.8) is 0 Å². The zero-order valence-corrected chi connectivity index (χ0v) is 10.9.